The Kier molecular flexibility index (Phi) is 5.75. The first-order valence-corrected chi connectivity index (χ1v) is 7.70. The van der Waals surface area contributed by atoms with Gasteiger partial charge in [0, 0.05) is 20.5 Å². The molecule has 7 nitrogen and oxygen atoms in total. The molecule has 0 amide bonds. The zero-order valence-electron chi connectivity index (χ0n) is 11.8. The van der Waals surface area contributed by atoms with Gasteiger partial charge in [0.25, 0.3) is 0 Å². The van der Waals surface area contributed by atoms with Crippen LogP contribution in [0.5, 0.6) is 0 Å². The number of sulfonamides is 1. The van der Waals surface area contributed by atoms with Gasteiger partial charge in [-0.15, -0.1) is 0 Å². The summed E-state index contributed by atoms with van der Waals surface area (Å²) in [5.41, 5.74) is 0.397. The maximum atomic E-state index is 11.8. The van der Waals surface area contributed by atoms with E-state index in [2.05, 4.69) is 14.4 Å². The molecule has 0 fully saturated rings. The van der Waals surface area contributed by atoms with Crippen LogP contribution in [-0.2, 0) is 19.6 Å². The largest absolute Gasteiger partial charge is 0.469 e. The van der Waals surface area contributed by atoms with Crippen molar-refractivity contribution in [2.75, 3.05) is 36.6 Å². The average Bonchev–Trinajstić information content (AvgIpc) is 2.38. The van der Waals surface area contributed by atoms with Crippen LogP contribution in [0.15, 0.2) is 18.3 Å². The molecule has 0 spiro atoms. The minimum absolute atomic E-state index is 0.0786. The highest BCUT2D eigenvalue weighted by atomic mass is 32.2. The molecule has 1 aromatic rings. The number of hydrogen-bond donors (Lipinski definition) is 1. The van der Waals surface area contributed by atoms with E-state index in [4.69, 9.17) is 0 Å². The Hall–Kier alpha value is -1.83. The van der Waals surface area contributed by atoms with Gasteiger partial charge >= 0.3 is 5.97 Å². The van der Waals surface area contributed by atoms with E-state index in [1.165, 1.54) is 13.3 Å². The van der Waals surface area contributed by atoms with E-state index in [0.717, 1.165) is 5.82 Å². The van der Waals surface area contributed by atoms with E-state index in [9.17, 15) is 13.2 Å². The number of carbonyl (C=O) groups excluding carboxylic acids is 1. The number of anilines is 2. The zero-order valence-corrected chi connectivity index (χ0v) is 12.6. The molecule has 1 aromatic heterocycles. The fraction of sp³-hybridized carbons (Fsp3) is 0.500. The molecule has 0 saturated carbocycles. The third kappa shape index (κ3) is 5.43. The number of ether oxygens (including phenoxy) is 1. The van der Waals surface area contributed by atoms with Crippen LogP contribution in [-0.4, -0.2) is 46.3 Å². The molecule has 112 valence electrons. The van der Waals surface area contributed by atoms with Crippen LogP contribution in [0.1, 0.15) is 12.8 Å². The van der Waals surface area contributed by atoms with Gasteiger partial charge in [-0.2, -0.15) is 0 Å². The van der Waals surface area contributed by atoms with Crippen LogP contribution in [0, 0.1) is 0 Å². The highest BCUT2D eigenvalue weighted by molar-refractivity contribution is 7.92. The molecule has 0 aliphatic heterocycles. The maximum absolute atomic E-state index is 11.8. The highest BCUT2D eigenvalue weighted by Crippen LogP contribution is 2.13. The Morgan fingerprint density at radius 2 is 2.10 bits per heavy atom. The van der Waals surface area contributed by atoms with Crippen molar-refractivity contribution < 1.29 is 17.9 Å². The van der Waals surface area contributed by atoms with Crippen LogP contribution in [0.25, 0.3) is 0 Å². The minimum atomic E-state index is -3.48. The number of hydrogen-bond acceptors (Lipinski definition) is 6. The summed E-state index contributed by atoms with van der Waals surface area (Å²) in [5.74, 6) is 0.174. The summed E-state index contributed by atoms with van der Waals surface area (Å²) >= 11 is 0. The lowest BCUT2D eigenvalue weighted by Gasteiger charge is -2.12. The van der Waals surface area contributed by atoms with Crippen molar-refractivity contribution in [1.82, 2.24) is 4.98 Å². The van der Waals surface area contributed by atoms with Crippen molar-refractivity contribution >= 4 is 27.5 Å². The SMILES string of the molecule is COC(=O)CCCS(=O)(=O)Nc1ccc(N(C)C)nc1. The Labute approximate surface area is 119 Å². The van der Waals surface area contributed by atoms with Crippen LogP contribution in [0.4, 0.5) is 11.5 Å². The third-order valence-corrected chi connectivity index (χ3v) is 3.87. The molecule has 0 unspecified atom stereocenters. The van der Waals surface area contributed by atoms with E-state index in [1.807, 2.05) is 19.0 Å². The Balaban J connectivity index is 2.55. The average molecular weight is 301 g/mol. The van der Waals surface area contributed by atoms with E-state index in [-0.39, 0.29) is 18.6 Å². The van der Waals surface area contributed by atoms with Gasteiger partial charge < -0.3 is 9.64 Å². The quantitative estimate of drug-likeness (QED) is 0.751. The number of pyridine rings is 1. The molecule has 0 bridgehead atoms. The first-order chi connectivity index (χ1) is 9.34. The first-order valence-electron chi connectivity index (χ1n) is 6.05. The Morgan fingerprint density at radius 1 is 1.40 bits per heavy atom. The summed E-state index contributed by atoms with van der Waals surface area (Å²) < 4.78 is 30.4. The standard InChI is InChI=1S/C12H19N3O4S/c1-15(2)11-7-6-10(9-13-11)14-20(17,18)8-4-5-12(16)19-3/h6-7,9,14H,4-5,8H2,1-3H3. The molecule has 8 heteroatoms. The normalized spacial score (nSPS) is 10.9. The van der Waals surface area contributed by atoms with Gasteiger partial charge in [-0.3, -0.25) is 9.52 Å². The first kappa shape index (κ1) is 16.2. The molecule has 0 radical (unpaired) electrons. The molecule has 0 aromatic carbocycles. The predicted molar refractivity (Wildman–Crippen MR) is 77.2 cm³/mol. The summed E-state index contributed by atoms with van der Waals surface area (Å²) in [7, 11) is 1.48. The van der Waals surface area contributed by atoms with Crippen LogP contribution in [0.3, 0.4) is 0 Å². The van der Waals surface area contributed by atoms with Crippen molar-refractivity contribution in [3.8, 4) is 0 Å². The van der Waals surface area contributed by atoms with Crippen LogP contribution >= 0.6 is 0 Å². The molecule has 0 atom stereocenters. The van der Waals surface area contributed by atoms with Crippen LogP contribution in [0.2, 0.25) is 0 Å². The van der Waals surface area contributed by atoms with Crippen molar-refractivity contribution in [1.29, 1.82) is 0 Å². The van der Waals surface area contributed by atoms with Gasteiger partial charge in [-0.25, -0.2) is 13.4 Å². The Bertz CT molecular complexity index is 540. The van der Waals surface area contributed by atoms with Crippen molar-refractivity contribution in [2.45, 2.75) is 12.8 Å². The smallest absolute Gasteiger partial charge is 0.305 e. The van der Waals surface area contributed by atoms with Gasteiger partial charge in [-0.05, 0) is 18.6 Å². The summed E-state index contributed by atoms with van der Waals surface area (Å²) in [6, 6.07) is 3.35. The summed E-state index contributed by atoms with van der Waals surface area (Å²) in [6.45, 7) is 0. The van der Waals surface area contributed by atoms with Gasteiger partial charge in [0.2, 0.25) is 10.0 Å². The van der Waals surface area contributed by atoms with Gasteiger partial charge in [0.15, 0.2) is 0 Å². The van der Waals surface area contributed by atoms with Crippen molar-refractivity contribution in [3.05, 3.63) is 18.3 Å². The second-order valence-electron chi connectivity index (χ2n) is 4.40. The molecule has 1 heterocycles. The lowest BCUT2D eigenvalue weighted by Crippen LogP contribution is -2.18. The maximum Gasteiger partial charge on any atom is 0.305 e. The second-order valence-corrected chi connectivity index (χ2v) is 6.24. The molecule has 20 heavy (non-hydrogen) atoms. The minimum Gasteiger partial charge on any atom is -0.469 e. The number of aromatic nitrogens is 1. The van der Waals surface area contributed by atoms with E-state index >= 15 is 0 Å². The third-order valence-electron chi connectivity index (χ3n) is 2.50. The van der Waals surface area contributed by atoms with Crippen LogP contribution < -0.4 is 9.62 Å². The van der Waals surface area contributed by atoms with Crippen molar-refractivity contribution in [2.24, 2.45) is 0 Å². The molecule has 0 saturated heterocycles. The molecule has 1 N–H and O–H groups in total. The zero-order chi connectivity index (χ0) is 15.2. The van der Waals surface area contributed by atoms with E-state index in [0.29, 0.717) is 5.69 Å². The number of rotatable bonds is 7. The number of nitrogens with zero attached hydrogens (tertiary/aromatic N) is 2. The lowest BCUT2D eigenvalue weighted by molar-refractivity contribution is -0.140. The lowest BCUT2D eigenvalue weighted by atomic mass is 10.3. The number of esters is 1. The Morgan fingerprint density at radius 3 is 2.60 bits per heavy atom. The monoisotopic (exact) mass is 301 g/mol. The topological polar surface area (TPSA) is 88.6 Å². The number of nitrogens with one attached hydrogen (secondary N) is 1. The molecule has 0 aliphatic carbocycles. The van der Waals surface area contributed by atoms with E-state index < -0.39 is 16.0 Å². The van der Waals surface area contributed by atoms with Gasteiger partial charge in [-0.1, -0.05) is 0 Å². The summed E-state index contributed by atoms with van der Waals surface area (Å²) in [4.78, 5) is 16.8. The molecular weight excluding hydrogens is 282 g/mol. The fourth-order valence-corrected chi connectivity index (χ4v) is 2.56. The fourth-order valence-electron chi connectivity index (χ4n) is 1.45. The van der Waals surface area contributed by atoms with Gasteiger partial charge in [0.1, 0.15) is 5.82 Å². The molecule has 1 rings (SSSR count). The van der Waals surface area contributed by atoms with E-state index in [1.54, 1.807) is 12.1 Å². The van der Waals surface area contributed by atoms with Crippen molar-refractivity contribution in [3.63, 3.8) is 0 Å². The molecule has 0 aliphatic rings. The number of methoxy groups -OCH3 is 1. The summed E-state index contributed by atoms with van der Waals surface area (Å²) in [6.07, 6.45) is 1.74. The second kappa shape index (κ2) is 7.09. The summed E-state index contributed by atoms with van der Waals surface area (Å²) in [5, 5.41) is 0. The predicted octanol–water partition coefficient (Wildman–Crippen LogP) is 0.842. The number of carbonyl (C=O) groups is 1. The highest BCUT2D eigenvalue weighted by Gasteiger charge is 2.12. The van der Waals surface area contributed by atoms with Gasteiger partial charge in [0.05, 0.1) is 24.7 Å². The molecular formula is C12H19N3O4S.